The van der Waals surface area contributed by atoms with Gasteiger partial charge in [-0.3, -0.25) is 19.4 Å². The molecule has 140 valence electrons. The second-order valence-electron chi connectivity index (χ2n) is 5.88. The molecule has 1 N–H and O–H groups in total. The van der Waals surface area contributed by atoms with Crippen LogP contribution in [0.4, 0.5) is 9.18 Å². The van der Waals surface area contributed by atoms with Gasteiger partial charge in [0, 0.05) is 24.1 Å². The summed E-state index contributed by atoms with van der Waals surface area (Å²) >= 11 is 3.22. The van der Waals surface area contributed by atoms with Crippen LogP contribution in [0.3, 0.4) is 0 Å². The van der Waals surface area contributed by atoms with Crippen molar-refractivity contribution >= 4 is 52.2 Å². The monoisotopic (exact) mass is 437 g/mol. The highest BCUT2D eigenvalue weighted by Gasteiger charge is 2.50. The number of hydrogen-bond donors (Lipinski definition) is 1. The fraction of sp³-hybridized carbons (Fsp3) is 0.250. The molecule has 1 aromatic carbocycles. The van der Waals surface area contributed by atoms with Crippen molar-refractivity contribution in [1.82, 2.24) is 15.2 Å². The molecular formula is C16H15BrFN6O3+. The van der Waals surface area contributed by atoms with Crippen molar-refractivity contribution in [1.29, 1.82) is 0 Å². The number of urea groups is 1. The van der Waals surface area contributed by atoms with Gasteiger partial charge in [-0.05, 0) is 23.2 Å². The maximum absolute atomic E-state index is 13.6. The lowest BCUT2D eigenvalue weighted by Gasteiger charge is -2.30. The van der Waals surface area contributed by atoms with Crippen LogP contribution in [0, 0.1) is 5.82 Å². The van der Waals surface area contributed by atoms with E-state index in [4.69, 9.17) is 0 Å². The molecule has 0 saturated carbocycles. The molecule has 4 amide bonds. The summed E-state index contributed by atoms with van der Waals surface area (Å²) in [5, 5.41) is 3.73. The van der Waals surface area contributed by atoms with E-state index in [1.54, 1.807) is 6.07 Å². The number of halogens is 2. The summed E-state index contributed by atoms with van der Waals surface area (Å²) in [6.45, 7) is -0.211. The second kappa shape index (κ2) is 7.35. The largest absolute Gasteiger partial charge is 0.333 e. The summed E-state index contributed by atoms with van der Waals surface area (Å²) in [6.07, 6.45) is 2.51. The Morgan fingerprint density at radius 3 is 2.89 bits per heavy atom. The van der Waals surface area contributed by atoms with Gasteiger partial charge in [0.2, 0.25) is 0 Å². The zero-order valence-corrected chi connectivity index (χ0v) is 16.0. The van der Waals surface area contributed by atoms with Gasteiger partial charge in [-0.15, -0.1) is 0 Å². The van der Waals surface area contributed by atoms with Gasteiger partial charge in [0.05, 0.1) is 6.21 Å². The molecule has 9 nitrogen and oxygen atoms in total. The minimum atomic E-state index is -0.852. The minimum Gasteiger partial charge on any atom is -0.269 e. The number of hydrazone groups is 1. The van der Waals surface area contributed by atoms with Crippen molar-refractivity contribution < 1.29 is 23.3 Å². The van der Waals surface area contributed by atoms with Crippen LogP contribution in [0.2, 0.25) is 0 Å². The van der Waals surface area contributed by atoms with Crippen molar-refractivity contribution in [3.05, 3.63) is 34.1 Å². The SMILES string of the molecule is CN1C(=O)C2C(=NC=[N+]2CC(=O)N/N=C/c2cc(Br)ccc2F)N(C)C1=O. The molecule has 0 bridgehead atoms. The first-order valence-electron chi connectivity index (χ1n) is 7.78. The Morgan fingerprint density at radius 2 is 2.15 bits per heavy atom. The van der Waals surface area contributed by atoms with Crippen LogP contribution in [0.5, 0.6) is 0 Å². The Hall–Kier alpha value is -2.95. The number of aliphatic imine (C=N–C) groups is 1. The van der Waals surface area contributed by atoms with E-state index in [1.807, 2.05) is 0 Å². The first kappa shape index (κ1) is 18.8. The van der Waals surface area contributed by atoms with Crippen LogP contribution in [-0.4, -0.2) is 77.3 Å². The lowest BCUT2D eigenvalue weighted by atomic mass is 10.1. The van der Waals surface area contributed by atoms with Crippen molar-refractivity contribution in [2.45, 2.75) is 6.04 Å². The van der Waals surface area contributed by atoms with Crippen LogP contribution in [0.15, 0.2) is 32.8 Å². The number of amidine groups is 1. The molecule has 27 heavy (non-hydrogen) atoms. The number of amides is 4. The number of benzene rings is 1. The Morgan fingerprint density at radius 1 is 1.41 bits per heavy atom. The number of carbonyl (C=O) groups excluding carboxylic acids is 3. The van der Waals surface area contributed by atoms with Crippen LogP contribution in [-0.2, 0) is 9.59 Å². The van der Waals surface area contributed by atoms with Crippen molar-refractivity contribution in [2.75, 3.05) is 20.6 Å². The van der Waals surface area contributed by atoms with E-state index < -0.39 is 29.7 Å². The Balaban J connectivity index is 1.64. The van der Waals surface area contributed by atoms with Gasteiger partial charge in [0.1, 0.15) is 5.82 Å². The summed E-state index contributed by atoms with van der Waals surface area (Å²) in [6, 6.07) is 2.99. The van der Waals surface area contributed by atoms with E-state index >= 15 is 0 Å². The van der Waals surface area contributed by atoms with Gasteiger partial charge in [0.25, 0.3) is 30.0 Å². The van der Waals surface area contributed by atoms with E-state index in [2.05, 4.69) is 31.4 Å². The van der Waals surface area contributed by atoms with Crippen LogP contribution >= 0.6 is 15.9 Å². The molecule has 3 rings (SSSR count). The number of likely N-dealkylation sites (N-methyl/N-ethyl adjacent to an activating group) is 2. The van der Waals surface area contributed by atoms with Gasteiger partial charge in [0.15, 0.2) is 6.54 Å². The normalized spacial score (nSPS) is 19.3. The predicted molar refractivity (Wildman–Crippen MR) is 98.2 cm³/mol. The smallest absolute Gasteiger partial charge is 0.269 e. The third-order valence-electron chi connectivity index (χ3n) is 4.07. The molecule has 2 heterocycles. The number of nitrogens with zero attached hydrogens (tertiary/aromatic N) is 5. The summed E-state index contributed by atoms with van der Waals surface area (Å²) in [4.78, 5) is 42.7. The molecule has 1 fully saturated rings. The molecule has 0 aliphatic carbocycles. The zero-order valence-electron chi connectivity index (χ0n) is 14.4. The lowest BCUT2D eigenvalue weighted by molar-refractivity contribution is -0.519. The lowest BCUT2D eigenvalue weighted by Crippen LogP contribution is -2.61. The third-order valence-corrected chi connectivity index (χ3v) is 4.57. The summed E-state index contributed by atoms with van der Waals surface area (Å²) in [7, 11) is 2.87. The first-order chi connectivity index (χ1) is 12.8. The minimum absolute atomic E-state index is 0.201. The average molecular weight is 438 g/mol. The second-order valence-corrected chi connectivity index (χ2v) is 6.79. The molecule has 0 spiro atoms. The van der Waals surface area contributed by atoms with Gasteiger partial charge >= 0.3 is 6.03 Å². The molecule has 0 aromatic heterocycles. The van der Waals surface area contributed by atoms with Crippen molar-refractivity contribution in [2.24, 2.45) is 10.1 Å². The van der Waals surface area contributed by atoms with E-state index in [-0.39, 0.29) is 17.9 Å². The van der Waals surface area contributed by atoms with Crippen LogP contribution in [0.1, 0.15) is 5.56 Å². The van der Waals surface area contributed by atoms with Gasteiger partial charge < -0.3 is 0 Å². The van der Waals surface area contributed by atoms with Crippen LogP contribution < -0.4 is 5.43 Å². The Kier molecular flexibility index (Phi) is 5.13. The highest BCUT2D eigenvalue weighted by Crippen LogP contribution is 2.16. The number of imide groups is 1. The maximum Gasteiger partial charge on any atom is 0.333 e. The molecule has 1 atom stereocenters. The summed E-state index contributed by atoms with van der Waals surface area (Å²) in [5.74, 6) is -1.22. The molecule has 1 saturated heterocycles. The zero-order chi connectivity index (χ0) is 19.7. The molecule has 2 aliphatic rings. The highest BCUT2D eigenvalue weighted by molar-refractivity contribution is 9.10. The summed E-state index contributed by atoms with van der Waals surface area (Å²) < 4.78 is 15.7. The number of fused-ring (bicyclic) bond motifs is 1. The number of carbonyl (C=O) groups is 3. The number of rotatable bonds is 4. The average Bonchev–Trinajstić information content (AvgIpc) is 3.04. The predicted octanol–water partition coefficient (Wildman–Crippen LogP) is 0.384. The fourth-order valence-electron chi connectivity index (χ4n) is 2.66. The fourth-order valence-corrected chi connectivity index (χ4v) is 3.04. The van der Waals surface area contributed by atoms with E-state index in [1.165, 1.54) is 48.3 Å². The third kappa shape index (κ3) is 3.63. The molecule has 11 heteroatoms. The van der Waals surface area contributed by atoms with E-state index in [0.29, 0.717) is 4.47 Å². The van der Waals surface area contributed by atoms with Crippen LogP contribution in [0.25, 0.3) is 0 Å². The number of hydrogen-bond acceptors (Lipinski definition) is 5. The molecule has 1 unspecified atom stereocenters. The number of nitrogens with one attached hydrogen (secondary N) is 1. The first-order valence-corrected chi connectivity index (χ1v) is 8.58. The Labute approximate surface area is 162 Å². The quantitative estimate of drug-likeness (QED) is 0.418. The molecule has 2 aliphatic heterocycles. The van der Waals surface area contributed by atoms with Gasteiger partial charge in [-0.2, -0.15) is 5.10 Å². The molecule has 1 aromatic rings. The standard InChI is InChI=1S/C16H14BrFN6O3/c1-22-14-13(15(26)23(2)16(22)27)24(8-19-14)7-12(25)21-20-6-9-5-10(17)3-4-11(9)18/h3-6,8,13H,7H2,1-2H3/p+1/b20-6+. The van der Waals surface area contributed by atoms with E-state index in [0.717, 1.165) is 4.90 Å². The van der Waals surface area contributed by atoms with Gasteiger partial charge in [-0.25, -0.2) is 19.2 Å². The molecular weight excluding hydrogens is 423 g/mol. The van der Waals surface area contributed by atoms with E-state index in [9.17, 15) is 18.8 Å². The maximum atomic E-state index is 13.6. The highest BCUT2D eigenvalue weighted by atomic mass is 79.9. The summed E-state index contributed by atoms with van der Waals surface area (Å²) in [5.41, 5.74) is 2.48. The Bertz CT molecular complexity index is 929. The topological polar surface area (TPSA) is 97.4 Å². The van der Waals surface area contributed by atoms with Crippen molar-refractivity contribution in [3.8, 4) is 0 Å². The van der Waals surface area contributed by atoms with Gasteiger partial charge in [-0.1, -0.05) is 15.9 Å². The molecule has 0 radical (unpaired) electrons. The van der Waals surface area contributed by atoms with Crippen molar-refractivity contribution in [3.63, 3.8) is 0 Å².